The summed E-state index contributed by atoms with van der Waals surface area (Å²) >= 11 is 0. The van der Waals surface area contributed by atoms with Gasteiger partial charge in [0.1, 0.15) is 11.5 Å². The molecule has 1 N–H and O–H groups in total. The van der Waals surface area contributed by atoms with Crippen LogP contribution in [0.15, 0.2) is 24.8 Å². The van der Waals surface area contributed by atoms with Gasteiger partial charge in [-0.3, -0.25) is 4.98 Å². The van der Waals surface area contributed by atoms with Gasteiger partial charge in [-0.1, -0.05) is 0 Å². The molecule has 2 heterocycles. The third-order valence-electron chi connectivity index (χ3n) is 1.66. The first kappa shape index (κ1) is 8.61. The van der Waals surface area contributed by atoms with Crippen molar-refractivity contribution in [3.63, 3.8) is 0 Å². The van der Waals surface area contributed by atoms with Crippen molar-refractivity contribution in [3.8, 4) is 0 Å². The summed E-state index contributed by atoms with van der Waals surface area (Å²) in [7, 11) is 1.78. The smallest absolute Gasteiger partial charge is 0.144 e. The predicted octanol–water partition coefficient (Wildman–Crippen LogP) is 0.217. The highest BCUT2D eigenvalue weighted by Crippen LogP contribution is 2.00. The molecule has 2 rings (SSSR count). The van der Waals surface area contributed by atoms with Crippen molar-refractivity contribution in [1.82, 2.24) is 25.0 Å². The molecule has 0 aliphatic rings. The van der Waals surface area contributed by atoms with E-state index in [4.69, 9.17) is 0 Å². The molecule has 2 aromatic heterocycles. The number of aryl methyl sites for hydroxylation is 1. The molecule has 72 valence electrons. The number of rotatable bonds is 3. The Bertz CT molecular complexity index is 395. The second kappa shape index (κ2) is 3.82. The van der Waals surface area contributed by atoms with Crippen LogP contribution < -0.4 is 5.32 Å². The van der Waals surface area contributed by atoms with Gasteiger partial charge in [0.05, 0.1) is 18.9 Å². The van der Waals surface area contributed by atoms with Crippen LogP contribution in [0.1, 0.15) is 5.69 Å². The quantitative estimate of drug-likeness (QED) is 0.749. The fourth-order valence-corrected chi connectivity index (χ4v) is 1.04. The third-order valence-corrected chi connectivity index (χ3v) is 1.66. The molecule has 0 saturated carbocycles. The highest BCUT2D eigenvalue weighted by molar-refractivity contribution is 5.30. The summed E-state index contributed by atoms with van der Waals surface area (Å²) in [6.07, 6.45) is 6.65. The molecule has 0 radical (unpaired) electrons. The maximum absolute atomic E-state index is 4.12. The normalized spacial score (nSPS) is 10.1. The van der Waals surface area contributed by atoms with E-state index in [-0.39, 0.29) is 0 Å². The van der Waals surface area contributed by atoms with Gasteiger partial charge in [0.2, 0.25) is 0 Å². The number of anilines is 1. The van der Waals surface area contributed by atoms with Gasteiger partial charge in [-0.25, -0.2) is 4.98 Å². The minimum absolute atomic E-state index is 0.604. The Morgan fingerprint density at radius 2 is 2.29 bits per heavy atom. The summed E-state index contributed by atoms with van der Waals surface area (Å²) in [5, 5.41) is 11.2. The highest BCUT2D eigenvalue weighted by Gasteiger charge is 1.97. The number of hydrogen-bond donors (Lipinski definition) is 1. The lowest BCUT2D eigenvalue weighted by atomic mass is 10.5. The van der Waals surface area contributed by atoms with Gasteiger partial charge in [-0.15, -0.1) is 0 Å². The third kappa shape index (κ3) is 2.03. The first-order valence-electron chi connectivity index (χ1n) is 4.20. The van der Waals surface area contributed by atoms with Crippen LogP contribution in [0, 0.1) is 0 Å². The second-order valence-electron chi connectivity index (χ2n) is 2.77. The molecular formula is C8H10N6. The van der Waals surface area contributed by atoms with Crippen LogP contribution in [-0.4, -0.2) is 25.0 Å². The largest absolute Gasteiger partial charge is 0.363 e. The van der Waals surface area contributed by atoms with Crippen molar-refractivity contribution in [2.75, 3.05) is 5.32 Å². The molecule has 0 fully saturated rings. The van der Waals surface area contributed by atoms with E-state index in [1.807, 2.05) is 0 Å². The van der Waals surface area contributed by atoms with Gasteiger partial charge in [0.15, 0.2) is 0 Å². The molecule has 0 unspecified atom stereocenters. The summed E-state index contributed by atoms with van der Waals surface area (Å²) in [6, 6.07) is 0. The number of aromatic nitrogens is 5. The molecule has 0 bridgehead atoms. The molecule has 0 saturated heterocycles. The molecular weight excluding hydrogens is 180 g/mol. The lowest BCUT2D eigenvalue weighted by molar-refractivity contribution is 0.646. The van der Waals surface area contributed by atoms with Crippen molar-refractivity contribution in [2.24, 2.45) is 7.05 Å². The predicted molar refractivity (Wildman–Crippen MR) is 50.4 cm³/mol. The van der Waals surface area contributed by atoms with Gasteiger partial charge >= 0.3 is 0 Å². The zero-order valence-electron chi connectivity index (χ0n) is 7.75. The molecule has 6 heteroatoms. The summed E-state index contributed by atoms with van der Waals surface area (Å²) in [5.41, 5.74) is 0.873. The van der Waals surface area contributed by atoms with Gasteiger partial charge < -0.3 is 5.32 Å². The SMILES string of the molecule is Cn1ncc(CNc2cnccn2)n1. The molecule has 0 aliphatic carbocycles. The van der Waals surface area contributed by atoms with E-state index in [2.05, 4.69) is 25.5 Å². The minimum Gasteiger partial charge on any atom is -0.363 e. The average molecular weight is 190 g/mol. The molecule has 2 aromatic rings. The van der Waals surface area contributed by atoms with Crippen molar-refractivity contribution < 1.29 is 0 Å². The van der Waals surface area contributed by atoms with Crippen LogP contribution in [0.2, 0.25) is 0 Å². The number of hydrogen-bond acceptors (Lipinski definition) is 5. The van der Waals surface area contributed by atoms with E-state index in [0.717, 1.165) is 11.5 Å². The van der Waals surface area contributed by atoms with Gasteiger partial charge in [-0.05, 0) is 0 Å². The van der Waals surface area contributed by atoms with Gasteiger partial charge in [0, 0.05) is 19.4 Å². The molecule has 0 aromatic carbocycles. The Kier molecular flexibility index (Phi) is 2.35. The highest BCUT2D eigenvalue weighted by atomic mass is 15.4. The standard InChI is InChI=1S/C8H10N6/c1-14-12-5-7(13-14)4-11-8-6-9-2-3-10-8/h2-3,5-6H,4H2,1H3,(H,10,11). The molecule has 0 aliphatic heterocycles. The molecule has 0 amide bonds. The number of nitrogens with one attached hydrogen (secondary N) is 1. The zero-order chi connectivity index (χ0) is 9.80. The summed E-state index contributed by atoms with van der Waals surface area (Å²) < 4.78 is 0. The lowest BCUT2D eigenvalue weighted by Crippen LogP contribution is -2.02. The maximum Gasteiger partial charge on any atom is 0.144 e. The van der Waals surface area contributed by atoms with Crippen LogP contribution in [0.3, 0.4) is 0 Å². The first-order valence-corrected chi connectivity index (χ1v) is 4.20. The van der Waals surface area contributed by atoms with E-state index in [9.17, 15) is 0 Å². The van der Waals surface area contributed by atoms with Gasteiger partial charge in [0.25, 0.3) is 0 Å². The Hall–Kier alpha value is -1.98. The van der Waals surface area contributed by atoms with E-state index in [0.29, 0.717) is 6.54 Å². The summed E-state index contributed by atoms with van der Waals surface area (Å²) in [5.74, 6) is 0.734. The van der Waals surface area contributed by atoms with Crippen molar-refractivity contribution in [2.45, 2.75) is 6.54 Å². The first-order chi connectivity index (χ1) is 6.84. The summed E-state index contributed by atoms with van der Waals surface area (Å²) in [6.45, 7) is 0.604. The van der Waals surface area contributed by atoms with Crippen LogP contribution in [0.25, 0.3) is 0 Å². The Morgan fingerprint density at radius 1 is 1.36 bits per heavy atom. The average Bonchev–Trinajstić information content (AvgIpc) is 2.63. The molecule has 14 heavy (non-hydrogen) atoms. The second-order valence-corrected chi connectivity index (χ2v) is 2.77. The van der Waals surface area contributed by atoms with Crippen LogP contribution in [-0.2, 0) is 13.6 Å². The molecule has 6 nitrogen and oxygen atoms in total. The topological polar surface area (TPSA) is 68.5 Å². The zero-order valence-corrected chi connectivity index (χ0v) is 7.75. The Balaban J connectivity index is 1.95. The van der Waals surface area contributed by atoms with Crippen LogP contribution >= 0.6 is 0 Å². The molecule has 0 atom stereocenters. The van der Waals surface area contributed by atoms with Crippen molar-refractivity contribution in [1.29, 1.82) is 0 Å². The minimum atomic E-state index is 0.604. The van der Waals surface area contributed by atoms with Crippen LogP contribution in [0.4, 0.5) is 5.82 Å². The van der Waals surface area contributed by atoms with Crippen LogP contribution in [0.5, 0.6) is 0 Å². The fraction of sp³-hybridized carbons (Fsp3) is 0.250. The molecule has 0 spiro atoms. The van der Waals surface area contributed by atoms with E-state index >= 15 is 0 Å². The van der Waals surface area contributed by atoms with Crippen molar-refractivity contribution >= 4 is 5.82 Å². The number of nitrogens with zero attached hydrogens (tertiary/aromatic N) is 5. The van der Waals surface area contributed by atoms with E-state index in [1.165, 1.54) is 4.80 Å². The fourth-order valence-electron chi connectivity index (χ4n) is 1.04. The Morgan fingerprint density at radius 3 is 2.93 bits per heavy atom. The summed E-state index contributed by atoms with van der Waals surface area (Å²) in [4.78, 5) is 9.53. The Labute approximate surface area is 81.0 Å². The van der Waals surface area contributed by atoms with Gasteiger partial charge in [-0.2, -0.15) is 15.0 Å². The van der Waals surface area contributed by atoms with E-state index < -0.39 is 0 Å². The van der Waals surface area contributed by atoms with E-state index in [1.54, 1.807) is 31.8 Å². The monoisotopic (exact) mass is 190 g/mol. The van der Waals surface area contributed by atoms with Crippen molar-refractivity contribution in [3.05, 3.63) is 30.5 Å². The maximum atomic E-state index is 4.12. The lowest BCUT2D eigenvalue weighted by Gasteiger charge is -2.00.